The van der Waals surface area contributed by atoms with Gasteiger partial charge in [-0.3, -0.25) is 4.79 Å². The van der Waals surface area contributed by atoms with Crippen molar-refractivity contribution in [3.8, 4) is 23.0 Å². The minimum Gasteiger partial charge on any atom is -0.497 e. The molecule has 7 nitrogen and oxygen atoms in total. The Morgan fingerprint density at radius 1 is 1.04 bits per heavy atom. The standard InChI is InChI=1S/C20H17NO6/c1-23-14-3-2-4-15(10-14)24-11-16-6-8-18(27-16)20(22)21-13-5-7-17-19(9-13)26-12-25-17/h2-10H,11-12H2,1H3,(H,21,22). The monoisotopic (exact) mass is 367 g/mol. The molecule has 0 spiro atoms. The minimum atomic E-state index is -0.360. The van der Waals surface area contributed by atoms with Crippen molar-refractivity contribution in [1.29, 1.82) is 0 Å². The Balaban J connectivity index is 1.37. The number of amides is 1. The van der Waals surface area contributed by atoms with Crippen LogP contribution in [0.4, 0.5) is 5.69 Å². The molecule has 0 saturated heterocycles. The van der Waals surface area contributed by atoms with Crippen molar-refractivity contribution in [2.24, 2.45) is 0 Å². The lowest BCUT2D eigenvalue weighted by molar-refractivity contribution is 0.0992. The van der Waals surface area contributed by atoms with Crippen LogP contribution in [-0.4, -0.2) is 19.8 Å². The van der Waals surface area contributed by atoms with E-state index < -0.39 is 0 Å². The number of benzene rings is 2. The second-order valence-electron chi connectivity index (χ2n) is 5.76. The van der Waals surface area contributed by atoms with Crippen molar-refractivity contribution in [2.45, 2.75) is 6.61 Å². The summed E-state index contributed by atoms with van der Waals surface area (Å²) >= 11 is 0. The SMILES string of the molecule is COc1cccc(OCc2ccc(C(=O)Nc3ccc4c(c3)OCO4)o2)c1. The van der Waals surface area contributed by atoms with Gasteiger partial charge in [0.15, 0.2) is 17.3 Å². The van der Waals surface area contributed by atoms with Crippen molar-refractivity contribution < 1.29 is 28.2 Å². The Hall–Kier alpha value is -3.61. The van der Waals surface area contributed by atoms with Gasteiger partial charge in [0.1, 0.15) is 23.9 Å². The van der Waals surface area contributed by atoms with Gasteiger partial charge in [0, 0.05) is 17.8 Å². The zero-order chi connectivity index (χ0) is 18.6. The predicted molar refractivity (Wildman–Crippen MR) is 96.6 cm³/mol. The summed E-state index contributed by atoms with van der Waals surface area (Å²) in [5, 5.41) is 2.76. The number of hydrogen-bond donors (Lipinski definition) is 1. The first-order valence-corrected chi connectivity index (χ1v) is 8.28. The number of carbonyl (C=O) groups excluding carboxylic acids is 1. The molecule has 27 heavy (non-hydrogen) atoms. The molecular formula is C20H17NO6. The molecule has 0 fully saturated rings. The summed E-state index contributed by atoms with van der Waals surface area (Å²) in [6, 6.07) is 15.7. The highest BCUT2D eigenvalue weighted by atomic mass is 16.7. The van der Waals surface area contributed by atoms with Crippen molar-refractivity contribution in [1.82, 2.24) is 0 Å². The average Bonchev–Trinajstić information content (AvgIpc) is 3.35. The van der Waals surface area contributed by atoms with Crippen LogP contribution in [0.3, 0.4) is 0 Å². The van der Waals surface area contributed by atoms with E-state index in [0.717, 1.165) is 0 Å². The van der Waals surface area contributed by atoms with Gasteiger partial charge in [0.25, 0.3) is 5.91 Å². The van der Waals surface area contributed by atoms with Gasteiger partial charge < -0.3 is 28.7 Å². The quantitative estimate of drug-likeness (QED) is 0.713. The predicted octanol–water partition coefficient (Wildman–Crippen LogP) is 3.85. The van der Waals surface area contributed by atoms with Crippen molar-refractivity contribution in [3.63, 3.8) is 0 Å². The molecule has 0 radical (unpaired) electrons. The van der Waals surface area contributed by atoms with E-state index in [1.165, 1.54) is 0 Å². The average molecular weight is 367 g/mol. The largest absolute Gasteiger partial charge is 0.497 e. The van der Waals surface area contributed by atoms with Gasteiger partial charge in [-0.05, 0) is 36.4 Å². The lowest BCUT2D eigenvalue weighted by Gasteiger charge is -2.06. The third kappa shape index (κ3) is 3.82. The van der Waals surface area contributed by atoms with Gasteiger partial charge in [0.05, 0.1) is 7.11 Å². The first-order chi connectivity index (χ1) is 13.2. The van der Waals surface area contributed by atoms with Gasteiger partial charge in [-0.1, -0.05) is 6.07 Å². The molecule has 3 aromatic rings. The van der Waals surface area contributed by atoms with Crippen LogP contribution < -0.4 is 24.3 Å². The van der Waals surface area contributed by atoms with Crippen LogP contribution in [0.25, 0.3) is 0 Å². The molecule has 1 aromatic heterocycles. The van der Waals surface area contributed by atoms with E-state index >= 15 is 0 Å². The summed E-state index contributed by atoms with van der Waals surface area (Å²) in [5.74, 6) is 2.97. The number of anilines is 1. The molecule has 0 unspecified atom stereocenters. The third-order valence-corrected chi connectivity index (χ3v) is 3.94. The second-order valence-corrected chi connectivity index (χ2v) is 5.76. The summed E-state index contributed by atoms with van der Waals surface area (Å²) in [5.41, 5.74) is 0.592. The van der Waals surface area contributed by atoms with Crippen LogP contribution >= 0.6 is 0 Å². The first kappa shape index (κ1) is 16.8. The summed E-state index contributed by atoms with van der Waals surface area (Å²) < 4.78 is 26.9. The summed E-state index contributed by atoms with van der Waals surface area (Å²) in [6.07, 6.45) is 0. The van der Waals surface area contributed by atoms with Crippen LogP contribution in [0, 0.1) is 0 Å². The van der Waals surface area contributed by atoms with Crippen LogP contribution in [0.2, 0.25) is 0 Å². The van der Waals surface area contributed by atoms with Crippen molar-refractivity contribution in [3.05, 3.63) is 66.1 Å². The number of furan rings is 1. The van der Waals surface area contributed by atoms with Gasteiger partial charge in [-0.25, -0.2) is 0 Å². The van der Waals surface area contributed by atoms with E-state index in [2.05, 4.69) is 5.32 Å². The third-order valence-electron chi connectivity index (χ3n) is 3.94. The molecule has 2 heterocycles. The summed E-state index contributed by atoms with van der Waals surface area (Å²) in [4.78, 5) is 12.4. The molecular weight excluding hydrogens is 350 g/mol. The van der Waals surface area contributed by atoms with Crippen molar-refractivity contribution in [2.75, 3.05) is 19.2 Å². The van der Waals surface area contributed by atoms with E-state index in [0.29, 0.717) is 34.4 Å². The van der Waals surface area contributed by atoms with E-state index in [1.807, 2.05) is 18.2 Å². The molecule has 1 aliphatic heterocycles. The number of nitrogens with one attached hydrogen (secondary N) is 1. The number of rotatable bonds is 6. The normalized spacial score (nSPS) is 11.9. The Labute approximate surface area is 155 Å². The topological polar surface area (TPSA) is 79.2 Å². The fraction of sp³-hybridized carbons (Fsp3) is 0.150. The smallest absolute Gasteiger partial charge is 0.291 e. The zero-order valence-corrected chi connectivity index (χ0v) is 14.6. The molecule has 0 atom stereocenters. The summed E-state index contributed by atoms with van der Waals surface area (Å²) in [6.45, 7) is 0.381. The van der Waals surface area contributed by atoms with E-state index in [-0.39, 0.29) is 25.1 Å². The van der Waals surface area contributed by atoms with Gasteiger partial charge >= 0.3 is 0 Å². The van der Waals surface area contributed by atoms with Gasteiger partial charge in [0.2, 0.25) is 6.79 Å². The lowest BCUT2D eigenvalue weighted by Crippen LogP contribution is -2.10. The van der Waals surface area contributed by atoms with Crippen molar-refractivity contribution >= 4 is 11.6 Å². The molecule has 0 bridgehead atoms. The maximum atomic E-state index is 12.4. The molecule has 2 aromatic carbocycles. The van der Waals surface area contributed by atoms with Crippen LogP contribution in [0.5, 0.6) is 23.0 Å². The number of ether oxygens (including phenoxy) is 4. The maximum Gasteiger partial charge on any atom is 0.291 e. The van der Waals surface area contributed by atoms with Crippen LogP contribution in [-0.2, 0) is 6.61 Å². The lowest BCUT2D eigenvalue weighted by atomic mass is 10.2. The van der Waals surface area contributed by atoms with E-state index in [9.17, 15) is 4.79 Å². The Morgan fingerprint density at radius 2 is 1.89 bits per heavy atom. The van der Waals surface area contributed by atoms with Crippen LogP contribution in [0.1, 0.15) is 16.3 Å². The molecule has 1 N–H and O–H groups in total. The second kappa shape index (κ2) is 7.33. The summed E-state index contributed by atoms with van der Waals surface area (Å²) in [7, 11) is 1.59. The molecule has 0 aliphatic carbocycles. The maximum absolute atomic E-state index is 12.4. The molecule has 1 amide bonds. The number of fused-ring (bicyclic) bond motifs is 1. The van der Waals surface area contributed by atoms with E-state index in [1.54, 1.807) is 43.5 Å². The highest BCUT2D eigenvalue weighted by Gasteiger charge is 2.16. The molecule has 1 aliphatic rings. The first-order valence-electron chi connectivity index (χ1n) is 8.28. The van der Waals surface area contributed by atoms with Crippen LogP contribution in [0.15, 0.2) is 59.0 Å². The molecule has 138 valence electrons. The minimum absolute atomic E-state index is 0.182. The fourth-order valence-electron chi connectivity index (χ4n) is 2.59. The fourth-order valence-corrected chi connectivity index (χ4v) is 2.59. The molecule has 0 saturated carbocycles. The van der Waals surface area contributed by atoms with Gasteiger partial charge in [-0.2, -0.15) is 0 Å². The Bertz CT molecular complexity index is 965. The highest BCUT2D eigenvalue weighted by Crippen LogP contribution is 2.34. The molecule has 7 heteroatoms. The Morgan fingerprint density at radius 3 is 2.78 bits per heavy atom. The van der Waals surface area contributed by atoms with Gasteiger partial charge in [-0.15, -0.1) is 0 Å². The number of hydrogen-bond acceptors (Lipinski definition) is 6. The Kier molecular flexibility index (Phi) is 4.57. The van der Waals surface area contributed by atoms with E-state index in [4.69, 9.17) is 23.4 Å². The number of carbonyl (C=O) groups is 1. The zero-order valence-electron chi connectivity index (χ0n) is 14.6. The number of methoxy groups -OCH3 is 1. The molecule has 4 rings (SSSR count). The highest BCUT2D eigenvalue weighted by molar-refractivity contribution is 6.02.